The Balaban J connectivity index is 2.42. The Labute approximate surface area is 110 Å². The van der Waals surface area contributed by atoms with Crippen molar-refractivity contribution >= 4 is 5.78 Å². The van der Waals surface area contributed by atoms with Crippen molar-refractivity contribution < 1.29 is 9.53 Å². The molecule has 1 aromatic carbocycles. The number of hydrogen-bond donors (Lipinski definition) is 0. The number of benzene rings is 1. The molecule has 0 saturated carbocycles. The maximum Gasteiger partial charge on any atom is 0.188 e. The molecule has 0 atom stereocenters. The van der Waals surface area contributed by atoms with Gasteiger partial charge in [0.05, 0.1) is 0 Å². The summed E-state index contributed by atoms with van der Waals surface area (Å²) in [5, 5.41) is 0. The van der Waals surface area contributed by atoms with Crippen LogP contribution >= 0.6 is 0 Å². The predicted molar refractivity (Wildman–Crippen MR) is 75.1 cm³/mol. The average Bonchev–Trinajstić information content (AvgIpc) is 2.34. The monoisotopic (exact) mass is 248 g/mol. The van der Waals surface area contributed by atoms with Gasteiger partial charge in [-0.25, -0.2) is 0 Å². The molecule has 0 bridgehead atoms. The van der Waals surface area contributed by atoms with Gasteiger partial charge >= 0.3 is 0 Å². The third-order valence-corrected chi connectivity index (χ3v) is 2.97. The number of hydrogen-bond acceptors (Lipinski definition) is 2. The lowest BCUT2D eigenvalue weighted by molar-refractivity contribution is 0.0739. The molecular formula is C16H24O2. The SMILES string of the molecule is CC(C)CCOCC(=O)c1ccc(C(C)C)cc1. The van der Waals surface area contributed by atoms with Gasteiger partial charge in [-0.3, -0.25) is 4.79 Å². The van der Waals surface area contributed by atoms with Crippen molar-refractivity contribution in [1.82, 2.24) is 0 Å². The summed E-state index contributed by atoms with van der Waals surface area (Å²) in [6, 6.07) is 7.82. The quantitative estimate of drug-likeness (QED) is 0.537. The molecule has 18 heavy (non-hydrogen) atoms. The summed E-state index contributed by atoms with van der Waals surface area (Å²) >= 11 is 0. The maximum absolute atomic E-state index is 11.8. The van der Waals surface area contributed by atoms with Crippen molar-refractivity contribution in [1.29, 1.82) is 0 Å². The zero-order chi connectivity index (χ0) is 13.5. The molecule has 0 saturated heterocycles. The summed E-state index contributed by atoms with van der Waals surface area (Å²) < 4.78 is 5.39. The van der Waals surface area contributed by atoms with Gasteiger partial charge in [0.1, 0.15) is 6.61 Å². The molecule has 100 valence electrons. The number of ether oxygens (including phenoxy) is 1. The van der Waals surface area contributed by atoms with Crippen LogP contribution in [0.2, 0.25) is 0 Å². The summed E-state index contributed by atoms with van der Waals surface area (Å²) in [7, 11) is 0. The van der Waals surface area contributed by atoms with Crippen molar-refractivity contribution in [3.8, 4) is 0 Å². The first-order chi connectivity index (χ1) is 8.50. The Bertz CT molecular complexity index is 363. The van der Waals surface area contributed by atoms with E-state index in [1.54, 1.807) is 0 Å². The lowest BCUT2D eigenvalue weighted by atomic mass is 10.0. The highest BCUT2D eigenvalue weighted by Crippen LogP contribution is 2.15. The van der Waals surface area contributed by atoms with Crippen LogP contribution in [0, 0.1) is 5.92 Å². The predicted octanol–water partition coefficient (Wildman–Crippen LogP) is 4.06. The van der Waals surface area contributed by atoms with Gasteiger partial charge in [0.15, 0.2) is 5.78 Å². The number of rotatable bonds is 7. The highest BCUT2D eigenvalue weighted by molar-refractivity contribution is 5.97. The topological polar surface area (TPSA) is 26.3 Å². The molecular weight excluding hydrogens is 224 g/mol. The van der Waals surface area contributed by atoms with Crippen LogP contribution in [-0.4, -0.2) is 19.0 Å². The number of carbonyl (C=O) groups excluding carboxylic acids is 1. The fraction of sp³-hybridized carbons (Fsp3) is 0.562. The van der Waals surface area contributed by atoms with Crippen LogP contribution in [0.5, 0.6) is 0 Å². The van der Waals surface area contributed by atoms with E-state index in [2.05, 4.69) is 27.7 Å². The second kappa shape index (κ2) is 7.32. The minimum Gasteiger partial charge on any atom is -0.373 e. The Morgan fingerprint density at radius 1 is 1.11 bits per heavy atom. The zero-order valence-electron chi connectivity index (χ0n) is 11.9. The average molecular weight is 248 g/mol. The number of Topliss-reactive ketones (excluding diaryl/α,β-unsaturated/α-hetero) is 1. The Morgan fingerprint density at radius 3 is 2.22 bits per heavy atom. The fourth-order valence-corrected chi connectivity index (χ4v) is 1.62. The van der Waals surface area contributed by atoms with Gasteiger partial charge in [-0.2, -0.15) is 0 Å². The lowest BCUT2D eigenvalue weighted by Crippen LogP contribution is -2.10. The summed E-state index contributed by atoms with van der Waals surface area (Å²) in [6.07, 6.45) is 1.000. The third kappa shape index (κ3) is 5.01. The van der Waals surface area contributed by atoms with Gasteiger partial charge in [0.25, 0.3) is 0 Å². The van der Waals surface area contributed by atoms with Gasteiger partial charge in [0, 0.05) is 12.2 Å². The van der Waals surface area contributed by atoms with Crippen molar-refractivity contribution in [3.63, 3.8) is 0 Å². The van der Waals surface area contributed by atoms with E-state index in [0.29, 0.717) is 18.4 Å². The fourth-order valence-electron chi connectivity index (χ4n) is 1.62. The van der Waals surface area contributed by atoms with E-state index in [1.807, 2.05) is 24.3 Å². The van der Waals surface area contributed by atoms with Crippen LogP contribution < -0.4 is 0 Å². The van der Waals surface area contributed by atoms with Crippen LogP contribution in [0.15, 0.2) is 24.3 Å². The molecule has 2 heteroatoms. The Kier molecular flexibility index (Phi) is 6.06. The molecule has 0 aromatic heterocycles. The van der Waals surface area contributed by atoms with Gasteiger partial charge in [-0.05, 0) is 23.8 Å². The first-order valence-electron chi connectivity index (χ1n) is 6.71. The smallest absolute Gasteiger partial charge is 0.188 e. The molecule has 1 rings (SSSR count). The van der Waals surface area contributed by atoms with Gasteiger partial charge in [-0.15, -0.1) is 0 Å². The Morgan fingerprint density at radius 2 is 1.72 bits per heavy atom. The second-order valence-corrected chi connectivity index (χ2v) is 5.43. The van der Waals surface area contributed by atoms with Gasteiger partial charge in [0.2, 0.25) is 0 Å². The van der Waals surface area contributed by atoms with Crippen molar-refractivity contribution in [2.45, 2.75) is 40.0 Å². The van der Waals surface area contributed by atoms with E-state index in [0.717, 1.165) is 12.0 Å². The molecule has 0 amide bonds. The maximum atomic E-state index is 11.8. The molecule has 0 aliphatic carbocycles. The second-order valence-electron chi connectivity index (χ2n) is 5.43. The van der Waals surface area contributed by atoms with Crippen LogP contribution in [0.1, 0.15) is 56.0 Å². The molecule has 0 fully saturated rings. The molecule has 0 radical (unpaired) electrons. The molecule has 0 heterocycles. The normalized spacial score (nSPS) is 11.2. The van der Waals surface area contributed by atoms with E-state index >= 15 is 0 Å². The molecule has 0 aliphatic rings. The van der Waals surface area contributed by atoms with Crippen LogP contribution in [0.3, 0.4) is 0 Å². The minimum atomic E-state index is 0.0639. The summed E-state index contributed by atoms with van der Waals surface area (Å²) in [5.41, 5.74) is 2.00. The van der Waals surface area contributed by atoms with Crippen LogP contribution in [0.4, 0.5) is 0 Å². The van der Waals surface area contributed by atoms with Crippen molar-refractivity contribution in [2.75, 3.05) is 13.2 Å². The van der Waals surface area contributed by atoms with Gasteiger partial charge in [-0.1, -0.05) is 52.0 Å². The van der Waals surface area contributed by atoms with E-state index in [-0.39, 0.29) is 12.4 Å². The number of carbonyl (C=O) groups is 1. The highest BCUT2D eigenvalue weighted by Gasteiger charge is 2.07. The summed E-state index contributed by atoms with van der Waals surface area (Å²) in [6.45, 7) is 9.44. The molecule has 2 nitrogen and oxygen atoms in total. The Hall–Kier alpha value is -1.15. The van der Waals surface area contributed by atoms with Gasteiger partial charge < -0.3 is 4.74 Å². The van der Waals surface area contributed by atoms with Crippen LogP contribution in [-0.2, 0) is 4.74 Å². The van der Waals surface area contributed by atoms with E-state index in [1.165, 1.54) is 5.56 Å². The summed E-state index contributed by atoms with van der Waals surface area (Å²) in [4.78, 5) is 11.8. The standard InChI is InChI=1S/C16H24O2/c1-12(2)9-10-18-11-16(17)15-7-5-14(6-8-15)13(3)4/h5-8,12-13H,9-11H2,1-4H3. The molecule has 1 aromatic rings. The van der Waals surface area contributed by atoms with E-state index < -0.39 is 0 Å². The minimum absolute atomic E-state index is 0.0639. The van der Waals surface area contributed by atoms with Crippen molar-refractivity contribution in [2.24, 2.45) is 5.92 Å². The zero-order valence-corrected chi connectivity index (χ0v) is 11.9. The lowest BCUT2D eigenvalue weighted by Gasteiger charge is -2.08. The van der Waals surface area contributed by atoms with E-state index in [9.17, 15) is 4.79 Å². The molecule has 0 unspecified atom stereocenters. The summed E-state index contributed by atoms with van der Waals surface area (Å²) in [5.74, 6) is 1.18. The molecule has 0 N–H and O–H groups in total. The first kappa shape index (κ1) is 14.9. The number of ketones is 1. The van der Waals surface area contributed by atoms with Crippen LogP contribution in [0.25, 0.3) is 0 Å². The molecule has 0 aliphatic heterocycles. The third-order valence-electron chi connectivity index (χ3n) is 2.97. The molecule has 0 spiro atoms. The van der Waals surface area contributed by atoms with Crippen molar-refractivity contribution in [3.05, 3.63) is 35.4 Å². The largest absolute Gasteiger partial charge is 0.373 e. The highest BCUT2D eigenvalue weighted by atomic mass is 16.5. The van der Waals surface area contributed by atoms with E-state index in [4.69, 9.17) is 4.74 Å². The first-order valence-corrected chi connectivity index (χ1v) is 6.71.